The number of benzene rings is 1. The Morgan fingerprint density at radius 2 is 1.62 bits per heavy atom. The van der Waals surface area contributed by atoms with Crippen LogP contribution in [0.5, 0.6) is 0 Å². The smallest absolute Gasteiger partial charge is 0.0130 e. The van der Waals surface area contributed by atoms with Crippen LogP contribution in [0.4, 0.5) is 0 Å². The highest BCUT2D eigenvalue weighted by atomic mass is 127. The van der Waals surface area contributed by atoms with Gasteiger partial charge in [-0.1, -0.05) is 39.8 Å². The van der Waals surface area contributed by atoms with E-state index in [1.54, 1.807) is 0 Å². The van der Waals surface area contributed by atoms with Gasteiger partial charge in [0.1, 0.15) is 0 Å². The van der Waals surface area contributed by atoms with Gasteiger partial charge in [-0.05, 0) is 52.6 Å². The molecule has 1 atom stereocenters. The Balaban J connectivity index is 0.000000671. The Morgan fingerprint density at radius 3 is 2.00 bits per heavy atom. The lowest BCUT2D eigenvalue weighted by atomic mass is 9.99. The van der Waals surface area contributed by atoms with Gasteiger partial charge in [0.25, 0.3) is 0 Å². The second kappa shape index (κ2) is 7.36. The van der Waals surface area contributed by atoms with Gasteiger partial charge in [-0.25, -0.2) is 0 Å². The van der Waals surface area contributed by atoms with Crippen molar-refractivity contribution in [1.82, 2.24) is 0 Å². The van der Waals surface area contributed by atoms with E-state index in [0.29, 0.717) is 5.92 Å². The van der Waals surface area contributed by atoms with Crippen molar-refractivity contribution in [2.45, 2.75) is 40.0 Å². The average Bonchev–Trinajstić information content (AvgIpc) is 2.21. The minimum absolute atomic E-state index is 0.701. The molecule has 0 nitrogen and oxygen atoms in total. The zero-order valence-electron chi connectivity index (χ0n) is 8.97. The maximum Gasteiger partial charge on any atom is 0.0130 e. The maximum absolute atomic E-state index is 2.33. The molecule has 0 amide bonds. The molecule has 0 heterocycles. The van der Waals surface area contributed by atoms with Gasteiger partial charge < -0.3 is 0 Å². The molecular weight excluding hydrogens is 271 g/mol. The van der Waals surface area contributed by atoms with Crippen LogP contribution in [0, 0.1) is 3.57 Å². The first kappa shape index (κ1) is 12.9. The molecular formula is C12H19I. The molecule has 1 aromatic carbocycles. The molecule has 0 aliphatic rings. The lowest BCUT2D eigenvalue weighted by Gasteiger charge is -2.07. The quantitative estimate of drug-likeness (QED) is 0.684. The van der Waals surface area contributed by atoms with Gasteiger partial charge in [0.2, 0.25) is 0 Å². The van der Waals surface area contributed by atoms with Crippen LogP contribution in [-0.2, 0) is 0 Å². The second-order valence-corrected chi connectivity index (χ2v) is 4.11. The lowest BCUT2D eigenvalue weighted by molar-refractivity contribution is 0.733. The largest absolute Gasteiger partial charge is 0.0683 e. The third kappa shape index (κ3) is 4.65. The molecule has 0 bridgehead atoms. The van der Waals surface area contributed by atoms with E-state index in [1.807, 2.05) is 13.8 Å². The monoisotopic (exact) mass is 290 g/mol. The van der Waals surface area contributed by atoms with Gasteiger partial charge in [0.05, 0.1) is 0 Å². The molecule has 0 fully saturated rings. The summed E-state index contributed by atoms with van der Waals surface area (Å²) >= 11 is 2.33. The molecule has 0 aliphatic carbocycles. The summed E-state index contributed by atoms with van der Waals surface area (Å²) in [5.74, 6) is 0.701. The molecule has 0 spiro atoms. The second-order valence-electron chi connectivity index (χ2n) is 2.86. The molecule has 0 radical (unpaired) electrons. The Labute approximate surface area is 95.9 Å². The van der Waals surface area contributed by atoms with Crippen molar-refractivity contribution < 1.29 is 0 Å². The van der Waals surface area contributed by atoms with Crippen molar-refractivity contribution in [1.29, 1.82) is 0 Å². The summed E-state index contributed by atoms with van der Waals surface area (Å²) in [6.45, 7) is 8.49. The molecule has 1 aromatic rings. The topological polar surface area (TPSA) is 0 Å². The number of halogens is 1. The molecule has 0 aromatic heterocycles. The maximum atomic E-state index is 2.33. The lowest BCUT2D eigenvalue weighted by Crippen LogP contribution is -1.89. The highest BCUT2D eigenvalue weighted by Gasteiger charge is 2.00. The van der Waals surface area contributed by atoms with Crippen molar-refractivity contribution in [2.75, 3.05) is 0 Å². The van der Waals surface area contributed by atoms with Crippen LogP contribution in [0.2, 0.25) is 0 Å². The van der Waals surface area contributed by atoms with E-state index in [2.05, 4.69) is 60.7 Å². The number of hydrogen-bond donors (Lipinski definition) is 0. The van der Waals surface area contributed by atoms with Crippen molar-refractivity contribution in [3.05, 3.63) is 33.4 Å². The molecule has 74 valence electrons. The summed E-state index contributed by atoms with van der Waals surface area (Å²) in [6, 6.07) is 8.77. The minimum atomic E-state index is 0.701. The zero-order valence-corrected chi connectivity index (χ0v) is 11.1. The molecule has 13 heavy (non-hydrogen) atoms. The van der Waals surface area contributed by atoms with Crippen LogP contribution in [0.15, 0.2) is 24.3 Å². The molecule has 1 rings (SSSR count). The molecule has 0 aliphatic heterocycles. The van der Waals surface area contributed by atoms with Gasteiger partial charge in [0.15, 0.2) is 0 Å². The first-order valence-electron chi connectivity index (χ1n) is 4.99. The van der Waals surface area contributed by atoms with E-state index in [0.717, 1.165) is 0 Å². The van der Waals surface area contributed by atoms with Crippen LogP contribution >= 0.6 is 22.6 Å². The van der Waals surface area contributed by atoms with Gasteiger partial charge in [-0.2, -0.15) is 0 Å². The van der Waals surface area contributed by atoms with E-state index in [9.17, 15) is 0 Å². The average molecular weight is 290 g/mol. The van der Waals surface area contributed by atoms with Gasteiger partial charge in [0, 0.05) is 3.57 Å². The SMILES string of the molecule is CC.CCC(C)c1ccc(I)cc1. The van der Waals surface area contributed by atoms with Crippen molar-refractivity contribution in [2.24, 2.45) is 0 Å². The highest BCUT2D eigenvalue weighted by molar-refractivity contribution is 14.1. The van der Waals surface area contributed by atoms with Crippen LogP contribution < -0.4 is 0 Å². The first-order chi connectivity index (χ1) is 6.24. The van der Waals surface area contributed by atoms with Crippen LogP contribution in [0.3, 0.4) is 0 Å². The third-order valence-electron chi connectivity index (χ3n) is 2.05. The van der Waals surface area contributed by atoms with Crippen molar-refractivity contribution in [3.8, 4) is 0 Å². The van der Waals surface area contributed by atoms with Crippen LogP contribution in [-0.4, -0.2) is 0 Å². The van der Waals surface area contributed by atoms with Crippen molar-refractivity contribution in [3.63, 3.8) is 0 Å². The third-order valence-corrected chi connectivity index (χ3v) is 2.77. The number of hydrogen-bond acceptors (Lipinski definition) is 0. The first-order valence-corrected chi connectivity index (χ1v) is 6.07. The summed E-state index contributed by atoms with van der Waals surface area (Å²) in [5, 5.41) is 0. The Morgan fingerprint density at radius 1 is 1.15 bits per heavy atom. The summed E-state index contributed by atoms with van der Waals surface area (Å²) in [7, 11) is 0. The summed E-state index contributed by atoms with van der Waals surface area (Å²) < 4.78 is 1.31. The molecule has 1 heteroatoms. The van der Waals surface area contributed by atoms with E-state index in [1.165, 1.54) is 15.6 Å². The standard InChI is InChI=1S/C10H13I.C2H6/c1-3-8(2)9-4-6-10(11)7-5-9;1-2/h4-8H,3H2,1-2H3;1-2H3. The van der Waals surface area contributed by atoms with E-state index in [4.69, 9.17) is 0 Å². The fourth-order valence-corrected chi connectivity index (χ4v) is 1.39. The number of rotatable bonds is 2. The molecule has 0 saturated heterocycles. The van der Waals surface area contributed by atoms with E-state index in [-0.39, 0.29) is 0 Å². The summed E-state index contributed by atoms with van der Waals surface area (Å²) in [4.78, 5) is 0. The van der Waals surface area contributed by atoms with Gasteiger partial charge in [-0.15, -0.1) is 0 Å². The molecule has 0 N–H and O–H groups in total. The van der Waals surface area contributed by atoms with Crippen molar-refractivity contribution >= 4 is 22.6 Å². The Bertz CT molecular complexity index is 213. The fourth-order valence-electron chi connectivity index (χ4n) is 1.03. The van der Waals surface area contributed by atoms with Gasteiger partial charge in [-0.3, -0.25) is 0 Å². The van der Waals surface area contributed by atoms with Gasteiger partial charge >= 0.3 is 0 Å². The zero-order chi connectivity index (χ0) is 10.3. The predicted molar refractivity (Wildman–Crippen MR) is 69.2 cm³/mol. The fraction of sp³-hybridized carbons (Fsp3) is 0.500. The Kier molecular flexibility index (Phi) is 7.33. The summed E-state index contributed by atoms with van der Waals surface area (Å²) in [5.41, 5.74) is 1.45. The van der Waals surface area contributed by atoms with Crippen LogP contribution in [0.25, 0.3) is 0 Å². The van der Waals surface area contributed by atoms with Crippen LogP contribution in [0.1, 0.15) is 45.6 Å². The highest BCUT2D eigenvalue weighted by Crippen LogP contribution is 2.18. The van der Waals surface area contributed by atoms with E-state index < -0.39 is 0 Å². The Hall–Kier alpha value is -0.0500. The predicted octanol–water partition coefficient (Wildman–Crippen LogP) is 4.83. The minimum Gasteiger partial charge on any atom is -0.0683 e. The van der Waals surface area contributed by atoms with E-state index >= 15 is 0 Å². The molecule has 1 unspecified atom stereocenters. The molecule has 0 saturated carbocycles. The normalized spacial score (nSPS) is 11.5. The summed E-state index contributed by atoms with van der Waals surface area (Å²) in [6.07, 6.45) is 1.22.